The van der Waals surface area contributed by atoms with E-state index in [1.807, 2.05) is 6.08 Å². The van der Waals surface area contributed by atoms with Crippen molar-refractivity contribution in [3.63, 3.8) is 0 Å². The Hall–Kier alpha value is -4.14. The standard InChI is InChI=1S/C27H29N3O6/c1-27(2,3)24(32)36-19-11-12-20-21(15-19)17(14-23(31)16-6-9-18(35-5)10-7-16)8-13-22(20)30-26(34)29(4)25(33)28-30/h6-13,15,17,22H,14H2,1-5H3,(H,28,33)/t17-,22-/m0/s1. The molecular weight excluding hydrogens is 462 g/mol. The van der Waals surface area contributed by atoms with Crippen LogP contribution in [0, 0.1) is 5.41 Å². The van der Waals surface area contributed by atoms with Gasteiger partial charge in [-0.1, -0.05) is 18.2 Å². The van der Waals surface area contributed by atoms with Gasteiger partial charge in [-0.05, 0) is 68.3 Å². The highest BCUT2D eigenvalue weighted by molar-refractivity contribution is 5.97. The average molecular weight is 492 g/mol. The molecular formula is C27H29N3O6. The van der Waals surface area contributed by atoms with Crippen molar-refractivity contribution in [1.82, 2.24) is 14.3 Å². The molecule has 4 rings (SSSR count). The maximum absolute atomic E-state index is 13.1. The second kappa shape index (κ2) is 9.49. The van der Waals surface area contributed by atoms with Gasteiger partial charge in [-0.2, -0.15) is 0 Å². The fourth-order valence-electron chi connectivity index (χ4n) is 4.07. The summed E-state index contributed by atoms with van der Waals surface area (Å²) < 4.78 is 13.0. The predicted molar refractivity (Wildman–Crippen MR) is 134 cm³/mol. The van der Waals surface area contributed by atoms with E-state index < -0.39 is 22.8 Å². The fraction of sp³-hybridized carbons (Fsp3) is 0.333. The molecule has 1 aliphatic carbocycles. The lowest BCUT2D eigenvalue weighted by Gasteiger charge is -2.27. The number of rotatable bonds is 6. The van der Waals surface area contributed by atoms with Gasteiger partial charge in [0.25, 0.3) is 0 Å². The Morgan fingerprint density at radius 2 is 1.64 bits per heavy atom. The summed E-state index contributed by atoms with van der Waals surface area (Å²) in [7, 11) is 2.96. The Morgan fingerprint density at radius 3 is 2.22 bits per heavy atom. The van der Waals surface area contributed by atoms with E-state index in [1.54, 1.807) is 76.4 Å². The van der Waals surface area contributed by atoms with Crippen LogP contribution in [0.2, 0.25) is 0 Å². The zero-order valence-electron chi connectivity index (χ0n) is 20.9. The van der Waals surface area contributed by atoms with Gasteiger partial charge in [0, 0.05) is 24.9 Å². The van der Waals surface area contributed by atoms with E-state index in [-0.39, 0.29) is 24.1 Å². The number of fused-ring (bicyclic) bond motifs is 1. The molecule has 0 spiro atoms. The second-order valence-electron chi connectivity index (χ2n) is 9.85. The van der Waals surface area contributed by atoms with Crippen molar-refractivity contribution in [2.75, 3.05) is 7.11 Å². The number of aromatic amines is 1. The maximum Gasteiger partial charge on any atom is 0.347 e. The van der Waals surface area contributed by atoms with Crippen molar-refractivity contribution in [1.29, 1.82) is 0 Å². The fourth-order valence-corrected chi connectivity index (χ4v) is 4.07. The molecule has 0 aliphatic heterocycles. The van der Waals surface area contributed by atoms with Gasteiger partial charge < -0.3 is 9.47 Å². The molecule has 1 aromatic heterocycles. The van der Waals surface area contributed by atoms with E-state index in [2.05, 4.69) is 5.10 Å². The number of ether oxygens (including phenoxy) is 2. The van der Waals surface area contributed by atoms with Gasteiger partial charge in [0.05, 0.1) is 18.6 Å². The van der Waals surface area contributed by atoms with E-state index in [4.69, 9.17) is 9.47 Å². The first-order valence-electron chi connectivity index (χ1n) is 11.6. The van der Waals surface area contributed by atoms with E-state index in [0.29, 0.717) is 17.1 Å². The largest absolute Gasteiger partial charge is 0.497 e. The summed E-state index contributed by atoms with van der Waals surface area (Å²) in [5.74, 6) is 0.215. The topological polar surface area (TPSA) is 112 Å². The maximum atomic E-state index is 13.1. The van der Waals surface area contributed by atoms with Crippen molar-refractivity contribution >= 4 is 11.8 Å². The van der Waals surface area contributed by atoms with Crippen LogP contribution in [0.5, 0.6) is 11.5 Å². The Kier molecular flexibility index (Phi) is 6.58. The molecule has 9 nitrogen and oxygen atoms in total. The van der Waals surface area contributed by atoms with Gasteiger partial charge in [0.2, 0.25) is 0 Å². The Morgan fingerprint density at radius 1 is 0.972 bits per heavy atom. The van der Waals surface area contributed by atoms with Gasteiger partial charge in [0.1, 0.15) is 11.5 Å². The van der Waals surface area contributed by atoms with Crippen LogP contribution in [0.4, 0.5) is 0 Å². The summed E-state index contributed by atoms with van der Waals surface area (Å²) in [6, 6.07) is 11.5. The average Bonchev–Trinajstić information content (AvgIpc) is 3.10. The molecule has 0 fully saturated rings. The summed E-state index contributed by atoms with van der Waals surface area (Å²) in [4.78, 5) is 50.3. The lowest BCUT2D eigenvalue weighted by molar-refractivity contribution is -0.143. The summed E-state index contributed by atoms with van der Waals surface area (Å²) >= 11 is 0. The van der Waals surface area contributed by atoms with Crippen LogP contribution in [-0.2, 0) is 11.8 Å². The summed E-state index contributed by atoms with van der Waals surface area (Å²) in [5.41, 5.74) is 0.300. The molecule has 188 valence electrons. The number of carbonyl (C=O) groups excluding carboxylic acids is 2. The van der Waals surface area contributed by atoms with Crippen LogP contribution < -0.4 is 20.9 Å². The molecule has 0 amide bonds. The van der Waals surface area contributed by atoms with Crippen LogP contribution in [0.25, 0.3) is 0 Å². The monoisotopic (exact) mass is 491 g/mol. The Labute approximate surface area is 208 Å². The van der Waals surface area contributed by atoms with Crippen LogP contribution in [0.3, 0.4) is 0 Å². The third-order valence-corrected chi connectivity index (χ3v) is 6.23. The van der Waals surface area contributed by atoms with Crippen molar-refractivity contribution in [3.8, 4) is 11.5 Å². The van der Waals surface area contributed by atoms with Crippen LogP contribution in [0.1, 0.15) is 60.6 Å². The molecule has 2 atom stereocenters. The highest BCUT2D eigenvalue weighted by Gasteiger charge is 2.30. The second-order valence-corrected chi connectivity index (χ2v) is 9.85. The SMILES string of the molecule is COc1ccc(C(=O)C[C@@H]2C=C[C@H](n3[nH]c(=O)n(C)c3=O)c3ccc(OC(=O)C(C)(C)C)cc32)cc1. The number of carbonyl (C=O) groups is 2. The van der Waals surface area contributed by atoms with Crippen molar-refractivity contribution in [2.24, 2.45) is 12.5 Å². The molecule has 36 heavy (non-hydrogen) atoms. The van der Waals surface area contributed by atoms with Crippen LogP contribution in [0.15, 0.2) is 64.2 Å². The number of H-pyrrole nitrogens is 1. The molecule has 0 saturated heterocycles. The number of hydrogen-bond donors (Lipinski definition) is 1. The number of methoxy groups -OCH3 is 1. The number of benzene rings is 2. The molecule has 3 aromatic rings. The minimum atomic E-state index is -0.696. The number of Topliss-reactive ketones (excluding diaryl/α,β-unsaturated/α-hetero) is 1. The third kappa shape index (κ3) is 4.82. The molecule has 0 saturated carbocycles. The number of ketones is 1. The molecule has 0 bridgehead atoms. The van der Waals surface area contributed by atoms with Crippen molar-refractivity contribution in [3.05, 3.63) is 92.3 Å². The van der Waals surface area contributed by atoms with Gasteiger partial charge in [-0.15, -0.1) is 0 Å². The highest BCUT2D eigenvalue weighted by Crippen LogP contribution is 2.38. The molecule has 1 aliphatic rings. The molecule has 0 unspecified atom stereocenters. The minimum Gasteiger partial charge on any atom is -0.497 e. The first-order chi connectivity index (χ1) is 17.0. The number of hydrogen-bond acceptors (Lipinski definition) is 6. The van der Waals surface area contributed by atoms with Gasteiger partial charge in [0.15, 0.2) is 5.78 Å². The number of nitrogens with one attached hydrogen (secondary N) is 1. The number of esters is 1. The van der Waals surface area contributed by atoms with E-state index in [9.17, 15) is 19.2 Å². The zero-order chi connectivity index (χ0) is 26.2. The zero-order valence-corrected chi connectivity index (χ0v) is 20.9. The van der Waals surface area contributed by atoms with E-state index >= 15 is 0 Å². The summed E-state index contributed by atoms with van der Waals surface area (Å²) in [6.45, 7) is 5.29. The first-order valence-corrected chi connectivity index (χ1v) is 11.6. The van der Waals surface area contributed by atoms with Crippen LogP contribution in [-0.4, -0.2) is 33.2 Å². The first kappa shape index (κ1) is 25.0. The molecule has 0 radical (unpaired) electrons. The summed E-state index contributed by atoms with van der Waals surface area (Å²) in [5, 5.41) is 2.58. The third-order valence-electron chi connectivity index (χ3n) is 6.23. The number of allylic oxidation sites excluding steroid dienone is 2. The van der Waals surface area contributed by atoms with Crippen LogP contribution >= 0.6 is 0 Å². The van der Waals surface area contributed by atoms with Crippen molar-refractivity contribution < 1.29 is 19.1 Å². The highest BCUT2D eigenvalue weighted by atomic mass is 16.5. The van der Waals surface area contributed by atoms with Gasteiger partial charge in [-0.25, -0.2) is 23.9 Å². The lowest BCUT2D eigenvalue weighted by atomic mass is 9.81. The summed E-state index contributed by atoms with van der Waals surface area (Å²) in [6.07, 6.45) is 3.81. The van der Waals surface area contributed by atoms with E-state index in [0.717, 1.165) is 15.7 Å². The predicted octanol–water partition coefficient (Wildman–Crippen LogP) is 3.35. The minimum absolute atomic E-state index is 0.0703. The smallest absolute Gasteiger partial charge is 0.347 e. The molecule has 2 aromatic carbocycles. The van der Waals surface area contributed by atoms with Crippen molar-refractivity contribution in [2.45, 2.75) is 39.2 Å². The lowest BCUT2D eigenvalue weighted by Crippen LogP contribution is -2.30. The Balaban J connectivity index is 1.73. The quantitative estimate of drug-likeness (QED) is 0.245. The van der Waals surface area contributed by atoms with E-state index in [1.165, 1.54) is 11.7 Å². The van der Waals surface area contributed by atoms with Gasteiger partial charge in [-0.3, -0.25) is 9.59 Å². The number of nitrogens with zero attached hydrogens (tertiary/aromatic N) is 2. The molecule has 1 heterocycles. The van der Waals surface area contributed by atoms with Gasteiger partial charge >= 0.3 is 17.3 Å². The normalized spacial score (nSPS) is 16.9. The Bertz CT molecular complexity index is 1450. The number of aromatic nitrogens is 3. The molecule has 9 heteroatoms. The molecule has 1 N–H and O–H groups in total.